The van der Waals surface area contributed by atoms with Gasteiger partial charge in [0.2, 0.25) is 0 Å². The van der Waals surface area contributed by atoms with Crippen LogP contribution in [0.3, 0.4) is 0 Å². The van der Waals surface area contributed by atoms with Crippen LogP contribution in [0.25, 0.3) is 0 Å². The second kappa shape index (κ2) is 7.92. The zero-order chi connectivity index (χ0) is 12.6. The Balaban J connectivity index is 3.61. The van der Waals surface area contributed by atoms with E-state index in [1.54, 1.807) is 11.9 Å². The van der Waals surface area contributed by atoms with Gasteiger partial charge in [-0.1, -0.05) is 0 Å². The third-order valence-corrected chi connectivity index (χ3v) is 2.06. The van der Waals surface area contributed by atoms with Crippen LogP contribution in [0.1, 0.15) is 12.8 Å². The molecule has 2 amide bonds. The van der Waals surface area contributed by atoms with Gasteiger partial charge in [-0.05, 0) is 27.1 Å². The smallest absolute Gasteiger partial charge is 0.317 e. The standard InChI is InChI=1S/C10H21N3O3/c1-12(2)7-4-8-13(3)10(16)11-6-5-9(14)15/h4-8H2,1-3H3,(H,11,16)(H,14,15). The van der Waals surface area contributed by atoms with Crippen molar-refractivity contribution in [2.24, 2.45) is 0 Å². The predicted molar refractivity (Wildman–Crippen MR) is 61.5 cm³/mol. The molecule has 0 aliphatic heterocycles. The van der Waals surface area contributed by atoms with E-state index in [4.69, 9.17) is 5.11 Å². The lowest BCUT2D eigenvalue weighted by molar-refractivity contribution is -0.136. The van der Waals surface area contributed by atoms with Crippen LogP contribution in [0.15, 0.2) is 0 Å². The van der Waals surface area contributed by atoms with Crippen LogP contribution in [0.4, 0.5) is 4.79 Å². The van der Waals surface area contributed by atoms with Gasteiger partial charge in [0.25, 0.3) is 0 Å². The summed E-state index contributed by atoms with van der Waals surface area (Å²) >= 11 is 0. The number of hydrogen-bond acceptors (Lipinski definition) is 3. The Morgan fingerprint density at radius 3 is 2.31 bits per heavy atom. The molecular formula is C10H21N3O3. The van der Waals surface area contributed by atoms with Gasteiger partial charge < -0.3 is 20.2 Å². The molecule has 2 N–H and O–H groups in total. The molecule has 6 nitrogen and oxygen atoms in total. The Morgan fingerprint density at radius 1 is 1.19 bits per heavy atom. The van der Waals surface area contributed by atoms with Crippen molar-refractivity contribution in [1.29, 1.82) is 0 Å². The van der Waals surface area contributed by atoms with Crippen molar-refractivity contribution in [3.63, 3.8) is 0 Å². The highest BCUT2D eigenvalue weighted by Crippen LogP contribution is 1.90. The van der Waals surface area contributed by atoms with E-state index in [9.17, 15) is 9.59 Å². The zero-order valence-electron chi connectivity index (χ0n) is 10.2. The summed E-state index contributed by atoms with van der Waals surface area (Å²) in [7, 11) is 5.66. The molecule has 0 aromatic carbocycles. The maximum Gasteiger partial charge on any atom is 0.317 e. The van der Waals surface area contributed by atoms with Gasteiger partial charge in [0, 0.05) is 20.1 Å². The van der Waals surface area contributed by atoms with Crippen molar-refractivity contribution in [3.05, 3.63) is 0 Å². The van der Waals surface area contributed by atoms with E-state index in [0.29, 0.717) is 6.54 Å². The normalized spacial score (nSPS) is 10.2. The number of rotatable bonds is 7. The van der Waals surface area contributed by atoms with Crippen LogP contribution in [0, 0.1) is 0 Å². The summed E-state index contributed by atoms with van der Waals surface area (Å²) in [6.45, 7) is 1.76. The van der Waals surface area contributed by atoms with Crippen LogP contribution < -0.4 is 5.32 Å². The quantitative estimate of drug-likeness (QED) is 0.649. The molecule has 6 heteroatoms. The molecule has 0 unspecified atom stereocenters. The lowest BCUT2D eigenvalue weighted by Crippen LogP contribution is -2.39. The summed E-state index contributed by atoms with van der Waals surface area (Å²) in [5.74, 6) is -0.907. The average molecular weight is 231 g/mol. The number of amides is 2. The molecule has 0 fully saturated rings. The Labute approximate surface area is 96.2 Å². The number of hydrogen-bond donors (Lipinski definition) is 2. The maximum absolute atomic E-state index is 11.4. The minimum atomic E-state index is -0.907. The molecule has 0 spiro atoms. The van der Waals surface area contributed by atoms with Crippen LogP contribution in [0.5, 0.6) is 0 Å². The second-order valence-corrected chi connectivity index (χ2v) is 3.95. The molecule has 0 aliphatic carbocycles. The minimum Gasteiger partial charge on any atom is -0.481 e. The molecule has 16 heavy (non-hydrogen) atoms. The van der Waals surface area contributed by atoms with Crippen LogP contribution >= 0.6 is 0 Å². The van der Waals surface area contributed by atoms with Crippen LogP contribution in [-0.4, -0.2) is 67.7 Å². The van der Waals surface area contributed by atoms with E-state index in [0.717, 1.165) is 13.0 Å². The Kier molecular flexibility index (Phi) is 7.28. The molecule has 0 saturated carbocycles. The molecule has 0 radical (unpaired) electrons. The molecular weight excluding hydrogens is 210 g/mol. The van der Waals surface area contributed by atoms with Gasteiger partial charge in [0.1, 0.15) is 0 Å². The van der Waals surface area contributed by atoms with Crippen molar-refractivity contribution in [2.45, 2.75) is 12.8 Å². The molecule has 0 aromatic heterocycles. The van der Waals surface area contributed by atoms with E-state index < -0.39 is 5.97 Å². The van der Waals surface area contributed by atoms with Crippen molar-refractivity contribution in [1.82, 2.24) is 15.1 Å². The monoisotopic (exact) mass is 231 g/mol. The summed E-state index contributed by atoms with van der Waals surface area (Å²) in [5, 5.41) is 10.9. The highest BCUT2D eigenvalue weighted by molar-refractivity contribution is 5.74. The molecule has 0 heterocycles. The van der Waals surface area contributed by atoms with Gasteiger partial charge in [-0.2, -0.15) is 0 Å². The van der Waals surface area contributed by atoms with Crippen LogP contribution in [-0.2, 0) is 4.79 Å². The Hall–Kier alpha value is -1.30. The van der Waals surface area contributed by atoms with E-state index >= 15 is 0 Å². The van der Waals surface area contributed by atoms with Gasteiger partial charge in [-0.15, -0.1) is 0 Å². The first-order chi connectivity index (χ1) is 7.43. The fraction of sp³-hybridized carbons (Fsp3) is 0.800. The molecule has 0 aliphatic rings. The van der Waals surface area contributed by atoms with E-state index in [-0.39, 0.29) is 19.0 Å². The first-order valence-electron chi connectivity index (χ1n) is 5.29. The molecule has 0 aromatic rings. The number of nitrogens with one attached hydrogen (secondary N) is 1. The van der Waals surface area contributed by atoms with Gasteiger partial charge >= 0.3 is 12.0 Å². The van der Waals surface area contributed by atoms with Gasteiger partial charge in [0.05, 0.1) is 6.42 Å². The highest BCUT2D eigenvalue weighted by atomic mass is 16.4. The van der Waals surface area contributed by atoms with Crippen LogP contribution in [0.2, 0.25) is 0 Å². The first kappa shape index (κ1) is 14.7. The molecule has 0 atom stereocenters. The Morgan fingerprint density at radius 2 is 1.81 bits per heavy atom. The minimum absolute atomic E-state index is 0.0444. The number of carbonyl (C=O) groups excluding carboxylic acids is 1. The summed E-state index contributed by atoms with van der Waals surface area (Å²) in [6, 6.07) is -0.222. The molecule has 94 valence electrons. The average Bonchev–Trinajstić information content (AvgIpc) is 2.16. The Bertz CT molecular complexity index is 231. The van der Waals surface area contributed by atoms with Crippen molar-refractivity contribution < 1.29 is 14.7 Å². The van der Waals surface area contributed by atoms with Crippen molar-refractivity contribution in [3.8, 4) is 0 Å². The largest absolute Gasteiger partial charge is 0.481 e. The van der Waals surface area contributed by atoms with Crippen molar-refractivity contribution >= 4 is 12.0 Å². The second-order valence-electron chi connectivity index (χ2n) is 3.95. The summed E-state index contributed by atoms with van der Waals surface area (Å²) in [4.78, 5) is 25.2. The lowest BCUT2D eigenvalue weighted by atomic mass is 10.4. The number of aliphatic carboxylic acids is 1. The predicted octanol–water partition coefficient (Wildman–Crippen LogP) is 0.0542. The SMILES string of the molecule is CN(C)CCCN(C)C(=O)NCCC(=O)O. The third-order valence-electron chi connectivity index (χ3n) is 2.06. The zero-order valence-corrected chi connectivity index (χ0v) is 10.2. The fourth-order valence-electron chi connectivity index (χ4n) is 1.14. The molecule has 0 bridgehead atoms. The third kappa shape index (κ3) is 8.05. The van der Waals surface area contributed by atoms with Gasteiger partial charge in [0.15, 0.2) is 0 Å². The topological polar surface area (TPSA) is 72.9 Å². The van der Waals surface area contributed by atoms with E-state index in [1.165, 1.54) is 0 Å². The molecule has 0 saturated heterocycles. The van der Waals surface area contributed by atoms with E-state index in [1.807, 2.05) is 14.1 Å². The van der Waals surface area contributed by atoms with Crippen molar-refractivity contribution in [2.75, 3.05) is 40.8 Å². The summed E-state index contributed by atoms with van der Waals surface area (Å²) in [5.41, 5.74) is 0. The highest BCUT2D eigenvalue weighted by Gasteiger charge is 2.07. The van der Waals surface area contributed by atoms with Gasteiger partial charge in [-0.25, -0.2) is 4.79 Å². The fourth-order valence-corrected chi connectivity index (χ4v) is 1.14. The summed E-state index contributed by atoms with van der Waals surface area (Å²) in [6.07, 6.45) is 0.854. The number of nitrogens with zero attached hydrogens (tertiary/aromatic N) is 2. The summed E-state index contributed by atoms with van der Waals surface area (Å²) < 4.78 is 0. The number of urea groups is 1. The number of carbonyl (C=O) groups is 2. The maximum atomic E-state index is 11.4. The van der Waals surface area contributed by atoms with E-state index in [2.05, 4.69) is 10.2 Å². The molecule has 0 rings (SSSR count). The number of carboxylic acids is 1. The number of carboxylic acid groups (broad SMARTS) is 1. The van der Waals surface area contributed by atoms with Gasteiger partial charge in [-0.3, -0.25) is 4.79 Å². The first-order valence-corrected chi connectivity index (χ1v) is 5.29. The lowest BCUT2D eigenvalue weighted by Gasteiger charge is -2.18.